The molecule has 0 aliphatic rings. The van der Waals surface area contributed by atoms with E-state index in [-0.39, 0.29) is 23.9 Å². The van der Waals surface area contributed by atoms with E-state index in [1.165, 1.54) is 6.20 Å². The number of nitrogens with one attached hydrogen (secondary N) is 2. The van der Waals surface area contributed by atoms with Gasteiger partial charge in [0.1, 0.15) is 11.4 Å². The normalized spacial score (nSPS) is 11.1. The van der Waals surface area contributed by atoms with Crippen molar-refractivity contribution in [3.8, 4) is 0 Å². The first-order chi connectivity index (χ1) is 7.86. The molecule has 0 saturated heterocycles. The van der Waals surface area contributed by atoms with Crippen LogP contribution in [-0.4, -0.2) is 28.7 Å². The van der Waals surface area contributed by atoms with E-state index in [9.17, 15) is 9.59 Å². The van der Waals surface area contributed by atoms with E-state index in [4.69, 9.17) is 4.74 Å². The van der Waals surface area contributed by atoms with Gasteiger partial charge in [-0.05, 0) is 6.92 Å². The van der Waals surface area contributed by atoms with Gasteiger partial charge in [0.25, 0.3) is 0 Å². The van der Waals surface area contributed by atoms with Gasteiger partial charge in [-0.3, -0.25) is 9.89 Å². The quantitative estimate of drug-likeness (QED) is 0.784. The van der Waals surface area contributed by atoms with Crippen LogP contribution in [0.4, 0.5) is 5.82 Å². The third-order valence-corrected chi connectivity index (χ3v) is 2.05. The zero-order valence-electron chi connectivity index (χ0n) is 10.5. The maximum atomic E-state index is 11.8. The Labute approximate surface area is 99.7 Å². The Morgan fingerprint density at radius 1 is 1.47 bits per heavy atom. The molecule has 0 saturated carbocycles. The van der Waals surface area contributed by atoms with Crippen molar-refractivity contribution >= 4 is 17.7 Å². The Morgan fingerprint density at radius 3 is 2.65 bits per heavy atom. The van der Waals surface area contributed by atoms with Crippen LogP contribution in [0.3, 0.4) is 0 Å². The van der Waals surface area contributed by atoms with Crippen LogP contribution in [0, 0.1) is 5.41 Å². The molecule has 17 heavy (non-hydrogen) atoms. The number of amides is 1. The second kappa shape index (κ2) is 4.99. The molecule has 6 heteroatoms. The summed E-state index contributed by atoms with van der Waals surface area (Å²) in [7, 11) is 0. The molecule has 94 valence electrons. The number of carbonyl (C=O) groups excluding carboxylic acids is 2. The van der Waals surface area contributed by atoms with Gasteiger partial charge in [-0.15, -0.1) is 0 Å². The Balaban J connectivity index is 2.83. The fourth-order valence-electron chi connectivity index (χ4n) is 1.05. The summed E-state index contributed by atoms with van der Waals surface area (Å²) in [4.78, 5) is 23.3. The number of hydrogen-bond acceptors (Lipinski definition) is 4. The number of ether oxygens (including phenoxy) is 1. The summed E-state index contributed by atoms with van der Waals surface area (Å²) >= 11 is 0. The summed E-state index contributed by atoms with van der Waals surface area (Å²) in [6.07, 6.45) is 1.33. The first kappa shape index (κ1) is 13.2. The van der Waals surface area contributed by atoms with Crippen molar-refractivity contribution in [2.24, 2.45) is 5.41 Å². The van der Waals surface area contributed by atoms with Gasteiger partial charge in [0.15, 0.2) is 0 Å². The van der Waals surface area contributed by atoms with Gasteiger partial charge in [0.2, 0.25) is 5.91 Å². The predicted octanol–water partition coefficient (Wildman–Crippen LogP) is 1.57. The van der Waals surface area contributed by atoms with Crippen LogP contribution >= 0.6 is 0 Å². The largest absolute Gasteiger partial charge is 0.462 e. The van der Waals surface area contributed by atoms with Crippen molar-refractivity contribution in [3.63, 3.8) is 0 Å². The summed E-state index contributed by atoms with van der Waals surface area (Å²) < 4.78 is 4.84. The Morgan fingerprint density at radius 2 is 2.12 bits per heavy atom. The highest BCUT2D eigenvalue weighted by atomic mass is 16.5. The van der Waals surface area contributed by atoms with Crippen LogP contribution < -0.4 is 5.32 Å². The first-order valence-corrected chi connectivity index (χ1v) is 5.38. The molecule has 1 rings (SSSR count). The van der Waals surface area contributed by atoms with Crippen LogP contribution in [0.2, 0.25) is 0 Å². The van der Waals surface area contributed by atoms with E-state index in [0.717, 1.165) is 0 Å². The minimum atomic E-state index is -0.545. The molecule has 1 heterocycles. The molecule has 1 aromatic rings. The van der Waals surface area contributed by atoms with E-state index < -0.39 is 11.4 Å². The number of hydrogen-bond donors (Lipinski definition) is 2. The van der Waals surface area contributed by atoms with Gasteiger partial charge in [-0.25, -0.2) is 4.79 Å². The molecule has 0 bridgehead atoms. The van der Waals surface area contributed by atoms with E-state index in [0.29, 0.717) is 0 Å². The molecule has 0 aliphatic heterocycles. The number of H-pyrrole nitrogens is 1. The third kappa shape index (κ3) is 3.30. The Hall–Kier alpha value is -1.85. The second-order valence-electron chi connectivity index (χ2n) is 4.58. The van der Waals surface area contributed by atoms with Gasteiger partial charge in [0, 0.05) is 5.41 Å². The number of anilines is 1. The van der Waals surface area contributed by atoms with Crippen LogP contribution in [0.15, 0.2) is 6.20 Å². The smallest absolute Gasteiger partial charge is 0.343 e. The molecule has 2 N–H and O–H groups in total. The van der Waals surface area contributed by atoms with Crippen LogP contribution in [-0.2, 0) is 9.53 Å². The van der Waals surface area contributed by atoms with E-state index in [1.807, 2.05) is 0 Å². The standard InChI is InChI=1S/C11H17N3O3/c1-5-17-9(15)7-6-12-14-8(7)13-10(16)11(2,3)4/h6H,5H2,1-4H3,(H2,12,13,14,16). The fourth-order valence-corrected chi connectivity index (χ4v) is 1.05. The summed E-state index contributed by atoms with van der Waals surface area (Å²) in [6.45, 7) is 7.33. The van der Waals surface area contributed by atoms with Crippen molar-refractivity contribution in [3.05, 3.63) is 11.8 Å². The molecule has 6 nitrogen and oxygen atoms in total. The average Bonchev–Trinajstić information content (AvgIpc) is 2.64. The lowest BCUT2D eigenvalue weighted by Gasteiger charge is -2.17. The SMILES string of the molecule is CCOC(=O)c1cn[nH]c1NC(=O)C(C)(C)C. The zero-order valence-corrected chi connectivity index (χ0v) is 10.5. The highest BCUT2D eigenvalue weighted by molar-refractivity contribution is 6.01. The van der Waals surface area contributed by atoms with Gasteiger partial charge in [-0.1, -0.05) is 20.8 Å². The first-order valence-electron chi connectivity index (χ1n) is 5.38. The van der Waals surface area contributed by atoms with Crippen molar-refractivity contribution in [1.82, 2.24) is 10.2 Å². The summed E-state index contributed by atoms with van der Waals surface area (Å²) in [6, 6.07) is 0. The van der Waals surface area contributed by atoms with Gasteiger partial charge < -0.3 is 10.1 Å². The molecule has 0 unspecified atom stereocenters. The van der Waals surface area contributed by atoms with Crippen LogP contribution in [0.25, 0.3) is 0 Å². The lowest BCUT2D eigenvalue weighted by atomic mass is 9.96. The molecular formula is C11H17N3O3. The van der Waals surface area contributed by atoms with Crippen molar-refractivity contribution in [2.45, 2.75) is 27.7 Å². The van der Waals surface area contributed by atoms with E-state index in [2.05, 4.69) is 15.5 Å². The summed E-state index contributed by atoms with van der Waals surface area (Å²) in [5, 5.41) is 8.90. The molecule has 0 aliphatic carbocycles. The molecule has 0 radical (unpaired) electrons. The van der Waals surface area contributed by atoms with Gasteiger partial charge in [-0.2, -0.15) is 5.10 Å². The molecule has 0 atom stereocenters. The van der Waals surface area contributed by atoms with E-state index >= 15 is 0 Å². The minimum absolute atomic E-state index is 0.202. The zero-order chi connectivity index (χ0) is 13.1. The van der Waals surface area contributed by atoms with Gasteiger partial charge >= 0.3 is 5.97 Å². The second-order valence-corrected chi connectivity index (χ2v) is 4.58. The topological polar surface area (TPSA) is 84.1 Å². The third-order valence-electron chi connectivity index (χ3n) is 2.05. The molecule has 0 aromatic carbocycles. The minimum Gasteiger partial charge on any atom is -0.462 e. The molecule has 0 spiro atoms. The lowest BCUT2D eigenvalue weighted by molar-refractivity contribution is -0.123. The lowest BCUT2D eigenvalue weighted by Crippen LogP contribution is -2.28. The van der Waals surface area contributed by atoms with Gasteiger partial charge in [0.05, 0.1) is 12.8 Å². The fraction of sp³-hybridized carbons (Fsp3) is 0.545. The van der Waals surface area contributed by atoms with Crippen LogP contribution in [0.1, 0.15) is 38.1 Å². The number of nitrogens with zero attached hydrogens (tertiary/aromatic N) is 1. The Bertz CT molecular complexity index is 418. The number of esters is 1. The van der Waals surface area contributed by atoms with E-state index in [1.54, 1.807) is 27.7 Å². The molecule has 0 fully saturated rings. The monoisotopic (exact) mass is 239 g/mol. The van der Waals surface area contributed by atoms with Crippen molar-refractivity contribution < 1.29 is 14.3 Å². The van der Waals surface area contributed by atoms with Crippen molar-refractivity contribution in [2.75, 3.05) is 11.9 Å². The molecule has 1 aromatic heterocycles. The maximum Gasteiger partial charge on any atom is 0.343 e. The highest BCUT2D eigenvalue weighted by Crippen LogP contribution is 2.18. The maximum absolute atomic E-state index is 11.8. The van der Waals surface area contributed by atoms with Crippen molar-refractivity contribution in [1.29, 1.82) is 0 Å². The molecule has 1 amide bonds. The molecular weight excluding hydrogens is 222 g/mol. The predicted molar refractivity (Wildman–Crippen MR) is 62.6 cm³/mol. The Kier molecular flexibility index (Phi) is 3.88. The number of aromatic amines is 1. The summed E-state index contributed by atoms with van der Waals surface area (Å²) in [5.41, 5.74) is -0.318. The number of carbonyl (C=O) groups is 2. The average molecular weight is 239 g/mol. The van der Waals surface area contributed by atoms with Crippen LogP contribution in [0.5, 0.6) is 0 Å². The number of aromatic nitrogens is 2. The summed E-state index contributed by atoms with van der Waals surface area (Å²) in [5.74, 6) is -0.443. The number of rotatable bonds is 3. The highest BCUT2D eigenvalue weighted by Gasteiger charge is 2.24.